The molecule has 0 aromatic heterocycles. The van der Waals surface area contributed by atoms with Crippen LogP contribution >= 0.6 is 0 Å². The van der Waals surface area contributed by atoms with E-state index in [-0.39, 0.29) is 5.41 Å². The molecule has 0 rings (SSSR count). The highest BCUT2D eigenvalue weighted by Crippen LogP contribution is 2.11. The molecule has 0 saturated heterocycles. The standard InChI is InChI=1S/C9H15N/c1-8(2)5-6-9(3,4)7-10/h6-7,10H,1-4H3. The Kier molecular flexibility index (Phi) is 3.11. The summed E-state index contributed by atoms with van der Waals surface area (Å²) in [6.45, 7) is 7.96. The average molecular weight is 137 g/mol. The first kappa shape index (κ1) is 9.19. The Morgan fingerprint density at radius 3 is 2.20 bits per heavy atom. The van der Waals surface area contributed by atoms with Crippen molar-refractivity contribution in [3.63, 3.8) is 0 Å². The van der Waals surface area contributed by atoms with Crippen molar-refractivity contribution in [1.82, 2.24) is 0 Å². The summed E-state index contributed by atoms with van der Waals surface area (Å²) >= 11 is 0. The van der Waals surface area contributed by atoms with Gasteiger partial charge in [-0.05, 0) is 25.5 Å². The van der Waals surface area contributed by atoms with Gasteiger partial charge in [-0.2, -0.15) is 0 Å². The molecule has 0 fully saturated rings. The van der Waals surface area contributed by atoms with Crippen LogP contribution < -0.4 is 0 Å². The number of hydrogen-bond donors (Lipinski definition) is 1. The van der Waals surface area contributed by atoms with E-state index in [0.717, 1.165) is 5.57 Å². The lowest BCUT2D eigenvalue weighted by Gasteiger charge is -2.09. The topological polar surface area (TPSA) is 23.9 Å². The average Bonchev–Trinajstić information content (AvgIpc) is 1.85. The van der Waals surface area contributed by atoms with E-state index in [1.165, 1.54) is 6.21 Å². The first-order chi connectivity index (χ1) is 4.48. The summed E-state index contributed by atoms with van der Waals surface area (Å²) in [7, 11) is 0. The normalized spacial score (nSPS) is 10.0. The van der Waals surface area contributed by atoms with Gasteiger partial charge in [0.05, 0.1) is 0 Å². The zero-order chi connectivity index (χ0) is 8.20. The Hall–Kier alpha value is -0.810. The number of nitrogens with one attached hydrogen (secondary N) is 1. The summed E-state index contributed by atoms with van der Waals surface area (Å²) < 4.78 is 0. The van der Waals surface area contributed by atoms with Gasteiger partial charge in [-0.1, -0.05) is 13.8 Å². The zero-order valence-electron chi connectivity index (χ0n) is 7.15. The van der Waals surface area contributed by atoms with Gasteiger partial charge in [0.25, 0.3) is 0 Å². The molecule has 0 aromatic carbocycles. The molecule has 0 saturated carbocycles. The smallest absolute Gasteiger partial charge is 0.0247 e. The summed E-state index contributed by atoms with van der Waals surface area (Å²) in [6, 6.07) is 0. The molecule has 0 unspecified atom stereocenters. The molecule has 0 amide bonds. The van der Waals surface area contributed by atoms with Crippen LogP contribution in [0.1, 0.15) is 27.7 Å². The van der Waals surface area contributed by atoms with Crippen LogP contribution in [-0.2, 0) is 0 Å². The van der Waals surface area contributed by atoms with Gasteiger partial charge in [-0.3, -0.25) is 0 Å². The molecule has 10 heavy (non-hydrogen) atoms. The van der Waals surface area contributed by atoms with Gasteiger partial charge in [0.1, 0.15) is 0 Å². The third-order valence-corrected chi connectivity index (χ3v) is 1.10. The number of rotatable bonds is 2. The summed E-state index contributed by atoms with van der Waals surface area (Å²) in [5, 5.41) is 7.04. The fourth-order valence-electron chi connectivity index (χ4n) is 0.372. The minimum Gasteiger partial charge on any atom is -0.312 e. The summed E-state index contributed by atoms with van der Waals surface area (Å²) in [5.41, 5.74) is 4.08. The molecule has 0 spiro atoms. The molecule has 0 bridgehead atoms. The van der Waals surface area contributed by atoms with Crippen LogP contribution in [-0.4, -0.2) is 6.21 Å². The highest BCUT2D eigenvalue weighted by Gasteiger charge is 2.07. The van der Waals surface area contributed by atoms with Crippen molar-refractivity contribution in [2.75, 3.05) is 0 Å². The molecule has 1 heteroatoms. The van der Waals surface area contributed by atoms with Crippen LogP contribution in [0.2, 0.25) is 0 Å². The Morgan fingerprint density at radius 2 is 1.90 bits per heavy atom. The van der Waals surface area contributed by atoms with Gasteiger partial charge in [-0.25, -0.2) is 0 Å². The molecule has 0 heterocycles. The zero-order valence-corrected chi connectivity index (χ0v) is 7.15. The predicted molar refractivity (Wildman–Crippen MR) is 45.5 cm³/mol. The van der Waals surface area contributed by atoms with Crippen LogP contribution in [0.5, 0.6) is 0 Å². The van der Waals surface area contributed by atoms with Gasteiger partial charge in [0, 0.05) is 11.6 Å². The minimum atomic E-state index is -0.142. The lowest BCUT2D eigenvalue weighted by atomic mass is 9.95. The Morgan fingerprint density at radius 1 is 1.40 bits per heavy atom. The highest BCUT2D eigenvalue weighted by molar-refractivity contribution is 5.63. The van der Waals surface area contributed by atoms with Gasteiger partial charge < -0.3 is 5.41 Å². The number of hydrogen-bond acceptors (Lipinski definition) is 1. The molecule has 0 aliphatic carbocycles. The second kappa shape index (κ2) is 3.38. The maximum Gasteiger partial charge on any atom is 0.0247 e. The molecule has 1 nitrogen and oxygen atoms in total. The fraction of sp³-hybridized carbons (Fsp3) is 0.556. The Labute approximate surface area is 63.0 Å². The highest BCUT2D eigenvalue weighted by atomic mass is 14.4. The van der Waals surface area contributed by atoms with E-state index >= 15 is 0 Å². The van der Waals surface area contributed by atoms with Crippen molar-refractivity contribution >= 4 is 6.21 Å². The molecule has 0 radical (unpaired) electrons. The quantitative estimate of drug-likeness (QED) is 0.447. The monoisotopic (exact) mass is 137 g/mol. The maximum absolute atomic E-state index is 7.04. The SMILES string of the molecule is CC(C)=C=CC(C)(C)C=N. The van der Waals surface area contributed by atoms with Crippen LogP contribution in [0.25, 0.3) is 0 Å². The molecule has 1 N–H and O–H groups in total. The minimum absolute atomic E-state index is 0.142. The first-order valence-corrected chi connectivity index (χ1v) is 3.40. The summed E-state index contributed by atoms with van der Waals surface area (Å²) in [6.07, 6.45) is 3.33. The van der Waals surface area contributed by atoms with Gasteiger partial charge >= 0.3 is 0 Å². The van der Waals surface area contributed by atoms with Crippen molar-refractivity contribution in [1.29, 1.82) is 5.41 Å². The maximum atomic E-state index is 7.04. The summed E-state index contributed by atoms with van der Waals surface area (Å²) in [5.74, 6) is 0. The van der Waals surface area contributed by atoms with Crippen LogP contribution in [0, 0.1) is 10.8 Å². The van der Waals surface area contributed by atoms with E-state index in [1.54, 1.807) is 0 Å². The third kappa shape index (κ3) is 4.11. The molecule has 0 atom stereocenters. The molecule has 56 valence electrons. The Bertz CT molecular complexity index is 177. The van der Waals surface area contributed by atoms with Crippen LogP contribution in [0.3, 0.4) is 0 Å². The van der Waals surface area contributed by atoms with Crippen LogP contribution in [0.15, 0.2) is 17.4 Å². The first-order valence-electron chi connectivity index (χ1n) is 3.40. The Balaban J connectivity index is 4.41. The van der Waals surface area contributed by atoms with E-state index in [1.807, 2.05) is 33.8 Å². The van der Waals surface area contributed by atoms with E-state index in [4.69, 9.17) is 5.41 Å². The third-order valence-electron chi connectivity index (χ3n) is 1.10. The van der Waals surface area contributed by atoms with E-state index < -0.39 is 0 Å². The van der Waals surface area contributed by atoms with Crippen molar-refractivity contribution in [3.05, 3.63) is 17.4 Å². The van der Waals surface area contributed by atoms with Gasteiger partial charge in [-0.15, -0.1) is 5.73 Å². The lowest BCUT2D eigenvalue weighted by molar-refractivity contribution is 0.691. The second-order valence-corrected chi connectivity index (χ2v) is 3.25. The van der Waals surface area contributed by atoms with Crippen LogP contribution in [0.4, 0.5) is 0 Å². The number of allylic oxidation sites excluding steroid dienone is 1. The second-order valence-electron chi connectivity index (χ2n) is 3.25. The largest absolute Gasteiger partial charge is 0.312 e. The molecular weight excluding hydrogens is 122 g/mol. The van der Waals surface area contributed by atoms with Crippen molar-refractivity contribution in [3.8, 4) is 0 Å². The molecular formula is C9H15N. The fourth-order valence-corrected chi connectivity index (χ4v) is 0.372. The van der Waals surface area contributed by atoms with Crippen molar-refractivity contribution in [2.45, 2.75) is 27.7 Å². The molecule has 0 aliphatic heterocycles. The van der Waals surface area contributed by atoms with Gasteiger partial charge in [0.2, 0.25) is 0 Å². The summed E-state index contributed by atoms with van der Waals surface area (Å²) in [4.78, 5) is 0. The predicted octanol–water partition coefficient (Wildman–Crippen LogP) is 2.78. The van der Waals surface area contributed by atoms with Crippen molar-refractivity contribution in [2.24, 2.45) is 5.41 Å². The van der Waals surface area contributed by atoms with E-state index in [0.29, 0.717) is 0 Å². The molecule has 0 aromatic rings. The van der Waals surface area contributed by atoms with E-state index in [2.05, 4.69) is 5.73 Å². The van der Waals surface area contributed by atoms with E-state index in [9.17, 15) is 0 Å². The molecule has 0 aliphatic rings. The van der Waals surface area contributed by atoms with Crippen molar-refractivity contribution < 1.29 is 0 Å². The van der Waals surface area contributed by atoms with Gasteiger partial charge in [0.15, 0.2) is 0 Å². The lowest BCUT2D eigenvalue weighted by Crippen LogP contribution is -2.06.